The number of nitrogens with zero attached hydrogens (tertiary/aromatic N) is 2. The van der Waals surface area contributed by atoms with Gasteiger partial charge in [0, 0.05) is 25.6 Å². The molecular weight excluding hydrogens is 234 g/mol. The highest BCUT2D eigenvalue weighted by Crippen LogP contribution is 2.25. The van der Waals surface area contributed by atoms with E-state index in [-0.39, 0.29) is 0 Å². The number of halogens is 1. The first-order chi connectivity index (χ1) is 8.12. The van der Waals surface area contributed by atoms with E-state index in [1.54, 1.807) is 7.05 Å². The molecule has 0 aromatic carbocycles. The van der Waals surface area contributed by atoms with E-state index in [1.165, 1.54) is 0 Å². The summed E-state index contributed by atoms with van der Waals surface area (Å²) < 4.78 is 0. The van der Waals surface area contributed by atoms with E-state index in [0.717, 1.165) is 35.6 Å². The lowest BCUT2D eigenvalue weighted by molar-refractivity contribution is 1.10. The Morgan fingerprint density at radius 3 is 2.82 bits per heavy atom. The van der Waals surface area contributed by atoms with Gasteiger partial charge in [0.05, 0.1) is 5.69 Å². The van der Waals surface area contributed by atoms with Gasteiger partial charge in [0.25, 0.3) is 0 Å². The monoisotopic (exact) mass is 251 g/mol. The molecule has 0 bridgehead atoms. The number of anilines is 1. The lowest BCUT2D eigenvalue weighted by Crippen LogP contribution is -2.12. The van der Waals surface area contributed by atoms with Gasteiger partial charge < -0.3 is 5.32 Å². The Morgan fingerprint density at radius 2 is 2.35 bits per heavy atom. The third-order valence-electron chi connectivity index (χ3n) is 2.45. The van der Waals surface area contributed by atoms with Gasteiger partial charge in [-0.05, 0) is 18.6 Å². The molecule has 1 N–H and O–H groups in total. The van der Waals surface area contributed by atoms with Gasteiger partial charge in [0.15, 0.2) is 5.15 Å². The highest BCUT2D eigenvalue weighted by molar-refractivity contribution is 6.32. The number of amidine groups is 1. The summed E-state index contributed by atoms with van der Waals surface area (Å²) in [4.78, 5) is 8.47. The van der Waals surface area contributed by atoms with Crippen molar-refractivity contribution in [2.75, 3.05) is 12.4 Å². The highest BCUT2D eigenvalue weighted by atomic mass is 35.5. The molecule has 0 amide bonds. The number of rotatable bonds is 4. The zero-order valence-corrected chi connectivity index (χ0v) is 11.3. The van der Waals surface area contributed by atoms with Crippen molar-refractivity contribution in [3.8, 4) is 0 Å². The lowest BCUT2D eigenvalue weighted by atomic mass is 10.2. The van der Waals surface area contributed by atoms with Gasteiger partial charge in [-0.25, -0.2) is 4.98 Å². The largest absolute Gasteiger partial charge is 0.341 e. The molecular formula is C13H18ClN3. The van der Waals surface area contributed by atoms with Crippen LogP contribution in [0.3, 0.4) is 0 Å². The molecule has 4 heteroatoms. The zero-order chi connectivity index (χ0) is 12.8. The predicted molar refractivity (Wildman–Crippen MR) is 75.2 cm³/mol. The van der Waals surface area contributed by atoms with E-state index in [2.05, 4.69) is 21.9 Å². The van der Waals surface area contributed by atoms with Gasteiger partial charge >= 0.3 is 0 Å². The highest BCUT2D eigenvalue weighted by Gasteiger charge is 2.09. The van der Waals surface area contributed by atoms with Crippen molar-refractivity contribution >= 4 is 23.1 Å². The maximum atomic E-state index is 6.17. The second kappa shape index (κ2) is 6.40. The molecule has 1 rings (SSSR count). The molecule has 0 saturated heterocycles. The van der Waals surface area contributed by atoms with Crippen LogP contribution in [-0.4, -0.2) is 17.9 Å². The molecule has 0 fully saturated rings. The second-order valence-corrected chi connectivity index (χ2v) is 4.10. The first-order valence-corrected chi connectivity index (χ1v) is 5.99. The summed E-state index contributed by atoms with van der Waals surface area (Å²) in [7, 11) is 1.76. The zero-order valence-electron chi connectivity index (χ0n) is 10.5. The number of hydrogen-bond donors (Lipinski definition) is 1. The fraction of sp³-hybridized carbons (Fsp3) is 0.385. The molecule has 1 heterocycles. The number of nitrogens with one attached hydrogen (secondary N) is 1. The van der Waals surface area contributed by atoms with Crippen LogP contribution < -0.4 is 5.32 Å². The average Bonchev–Trinajstić information content (AvgIpc) is 2.29. The van der Waals surface area contributed by atoms with Crippen LogP contribution in [-0.2, 0) is 6.42 Å². The van der Waals surface area contributed by atoms with Crippen LogP contribution in [0.25, 0.3) is 0 Å². The van der Waals surface area contributed by atoms with E-state index in [4.69, 9.17) is 11.6 Å². The third-order valence-corrected chi connectivity index (χ3v) is 2.73. The fourth-order valence-electron chi connectivity index (χ4n) is 1.55. The average molecular weight is 252 g/mol. The number of aliphatic imine (C=N–C) groups is 1. The topological polar surface area (TPSA) is 37.3 Å². The van der Waals surface area contributed by atoms with Crippen LogP contribution in [0.2, 0.25) is 5.15 Å². The Hall–Kier alpha value is -1.35. The smallest absolute Gasteiger partial charge is 0.153 e. The van der Waals surface area contributed by atoms with Gasteiger partial charge in [0.2, 0.25) is 0 Å². The number of aromatic nitrogens is 1. The third kappa shape index (κ3) is 3.56. The van der Waals surface area contributed by atoms with E-state index < -0.39 is 0 Å². The first kappa shape index (κ1) is 13.7. The number of pyridine rings is 1. The number of hydrogen-bond acceptors (Lipinski definition) is 2. The van der Waals surface area contributed by atoms with Crippen molar-refractivity contribution in [2.24, 2.45) is 4.99 Å². The van der Waals surface area contributed by atoms with Crippen molar-refractivity contribution in [3.05, 3.63) is 35.1 Å². The minimum absolute atomic E-state index is 0.483. The molecule has 0 aliphatic heterocycles. The minimum atomic E-state index is 0.483. The van der Waals surface area contributed by atoms with Crippen molar-refractivity contribution in [1.29, 1.82) is 0 Å². The summed E-state index contributed by atoms with van der Waals surface area (Å²) in [5, 5.41) is 3.70. The minimum Gasteiger partial charge on any atom is -0.341 e. The Kier molecular flexibility index (Phi) is 5.16. The molecule has 3 nitrogen and oxygen atoms in total. The summed E-state index contributed by atoms with van der Waals surface area (Å²) in [6, 6.07) is 2.01. The summed E-state index contributed by atoms with van der Waals surface area (Å²) in [5.74, 6) is 0.897. The summed E-state index contributed by atoms with van der Waals surface area (Å²) in [6.07, 6.45) is 3.38. The molecule has 0 saturated carbocycles. The molecule has 0 spiro atoms. The van der Waals surface area contributed by atoms with Crippen molar-refractivity contribution < 1.29 is 0 Å². The second-order valence-electron chi connectivity index (χ2n) is 3.74. The van der Waals surface area contributed by atoms with Gasteiger partial charge in [-0.3, -0.25) is 4.99 Å². The van der Waals surface area contributed by atoms with Crippen molar-refractivity contribution in [1.82, 2.24) is 4.98 Å². The maximum Gasteiger partial charge on any atom is 0.153 e. The SMILES string of the molecule is C=CCc1cc(C)c(NC(CC)=NC)c(Cl)n1. The number of allylic oxidation sites excluding steroid dienone is 1. The predicted octanol–water partition coefficient (Wildman–Crippen LogP) is 3.62. The van der Waals surface area contributed by atoms with Gasteiger partial charge in [-0.2, -0.15) is 0 Å². The van der Waals surface area contributed by atoms with Crippen LogP contribution in [0.15, 0.2) is 23.7 Å². The van der Waals surface area contributed by atoms with Crippen LogP contribution in [0.1, 0.15) is 24.6 Å². The molecule has 1 aromatic heterocycles. The van der Waals surface area contributed by atoms with Crippen molar-refractivity contribution in [3.63, 3.8) is 0 Å². The molecule has 0 aliphatic carbocycles. The molecule has 92 valence electrons. The van der Waals surface area contributed by atoms with Crippen LogP contribution in [0, 0.1) is 6.92 Å². The maximum absolute atomic E-state index is 6.17. The lowest BCUT2D eigenvalue weighted by Gasteiger charge is -2.13. The van der Waals surface area contributed by atoms with E-state index >= 15 is 0 Å². The van der Waals surface area contributed by atoms with Crippen molar-refractivity contribution in [2.45, 2.75) is 26.7 Å². The quantitative estimate of drug-likeness (QED) is 0.384. The normalized spacial score (nSPS) is 11.4. The Labute approximate surface area is 108 Å². The number of aryl methyl sites for hydroxylation is 1. The molecule has 17 heavy (non-hydrogen) atoms. The standard InChI is InChI=1S/C13H18ClN3/c1-5-7-10-8-9(3)12(13(14)16-10)17-11(6-2)15-4/h5,8H,1,6-7H2,2-4H3,(H,15,17). The molecule has 0 atom stereocenters. The van der Waals surface area contributed by atoms with Crippen LogP contribution in [0.4, 0.5) is 5.69 Å². The molecule has 1 aromatic rings. The van der Waals surface area contributed by atoms with Gasteiger partial charge in [0.1, 0.15) is 5.84 Å². The van der Waals surface area contributed by atoms with Gasteiger partial charge in [-0.15, -0.1) is 6.58 Å². The first-order valence-electron chi connectivity index (χ1n) is 5.62. The van der Waals surface area contributed by atoms with Crippen LogP contribution >= 0.6 is 11.6 Å². The van der Waals surface area contributed by atoms with E-state index in [0.29, 0.717) is 5.15 Å². The summed E-state index contributed by atoms with van der Waals surface area (Å²) >= 11 is 6.17. The Balaban J connectivity index is 3.05. The Morgan fingerprint density at radius 1 is 1.65 bits per heavy atom. The Bertz CT molecular complexity index is 415. The van der Waals surface area contributed by atoms with Crippen LogP contribution in [0.5, 0.6) is 0 Å². The molecule has 0 aliphatic rings. The van der Waals surface area contributed by atoms with E-state index in [1.807, 2.05) is 26.0 Å². The van der Waals surface area contributed by atoms with Gasteiger partial charge in [-0.1, -0.05) is 24.6 Å². The summed E-state index contributed by atoms with van der Waals surface area (Å²) in [6.45, 7) is 7.74. The molecule has 0 unspecified atom stereocenters. The summed E-state index contributed by atoms with van der Waals surface area (Å²) in [5.41, 5.74) is 2.83. The van der Waals surface area contributed by atoms with E-state index in [9.17, 15) is 0 Å². The fourth-order valence-corrected chi connectivity index (χ4v) is 1.85. The molecule has 0 radical (unpaired) electrons.